The Bertz CT molecular complexity index is 1010. The average Bonchev–Trinajstić information content (AvgIpc) is 3.16. The topological polar surface area (TPSA) is 128 Å². The first-order valence-corrected chi connectivity index (χ1v) is 10.2. The number of nitrogens with zero attached hydrogens (tertiary/aromatic N) is 2. The van der Waals surface area contributed by atoms with Gasteiger partial charge in [-0.2, -0.15) is 0 Å². The summed E-state index contributed by atoms with van der Waals surface area (Å²) in [6.07, 6.45) is 0. The molecule has 1 atom stereocenters. The lowest BCUT2D eigenvalue weighted by atomic mass is 9.79. The number of carbonyl (C=O) groups is 2. The molecule has 10 heteroatoms. The lowest BCUT2D eigenvalue weighted by Crippen LogP contribution is -2.44. The van der Waals surface area contributed by atoms with E-state index in [9.17, 15) is 24.8 Å². The highest BCUT2D eigenvalue weighted by Gasteiger charge is 2.44. The van der Waals surface area contributed by atoms with E-state index in [0.29, 0.717) is 24.6 Å². The number of nitro benzene ring substituents is 1. The number of para-hydroxylation sites is 1. The van der Waals surface area contributed by atoms with Gasteiger partial charge < -0.3 is 24.2 Å². The maximum Gasteiger partial charge on any atom is 0.336 e. The molecule has 3 rings (SSSR count). The van der Waals surface area contributed by atoms with Crippen molar-refractivity contribution in [3.63, 3.8) is 0 Å². The van der Waals surface area contributed by atoms with E-state index in [1.54, 1.807) is 38.7 Å². The van der Waals surface area contributed by atoms with Gasteiger partial charge in [0.25, 0.3) is 5.69 Å². The summed E-state index contributed by atoms with van der Waals surface area (Å²) >= 11 is 0. The van der Waals surface area contributed by atoms with Crippen LogP contribution in [0.3, 0.4) is 0 Å². The number of nitro groups is 1. The molecule has 0 bridgehead atoms. The minimum absolute atomic E-state index is 0.0331. The second-order valence-electron chi connectivity index (χ2n) is 7.69. The highest BCUT2D eigenvalue weighted by molar-refractivity contribution is 5.99. The van der Waals surface area contributed by atoms with Gasteiger partial charge in [0.2, 0.25) is 0 Å². The predicted molar refractivity (Wildman–Crippen MR) is 113 cm³/mol. The quantitative estimate of drug-likeness (QED) is 0.382. The van der Waals surface area contributed by atoms with Crippen LogP contribution in [0, 0.1) is 10.1 Å². The minimum Gasteiger partial charge on any atom is -0.478 e. The number of carbonyl (C=O) groups excluding carboxylic acids is 1. The Kier molecular flexibility index (Phi) is 6.65. The zero-order chi connectivity index (χ0) is 23.6. The molecule has 0 spiro atoms. The molecular weight excluding hydrogens is 420 g/mol. The minimum atomic E-state index is -1.29. The Morgan fingerprint density at radius 3 is 2.38 bits per heavy atom. The maximum absolute atomic E-state index is 13.1. The van der Waals surface area contributed by atoms with Crippen LogP contribution in [0.25, 0.3) is 0 Å². The van der Waals surface area contributed by atoms with Crippen LogP contribution in [0.5, 0.6) is 0 Å². The molecule has 1 aromatic rings. The number of benzene rings is 1. The van der Waals surface area contributed by atoms with Crippen molar-refractivity contribution in [1.29, 1.82) is 0 Å². The Labute approximate surface area is 185 Å². The van der Waals surface area contributed by atoms with Crippen LogP contribution in [0.15, 0.2) is 46.8 Å². The molecule has 0 amide bonds. The molecule has 0 radical (unpaired) electrons. The van der Waals surface area contributed by atoms with E-state index >= 15 is 0 Å². The monoisotopic (exact) mass is 446 g/mol. The zero-order valence-corrected chi connectivity index (χ0v) is 18.4. The second kappa shape index (κ2) is 9.09. The molecule has 1 fully saturated rings. The van der Waals surface area contributed by atoms with E-state index in [1.807, 2.05) is 0 Å². The summed E-state index contributed by atoms with van der Waals surface area (Å²) in [4.78, 5) is 38.3. The molecular formula is C22H26N2O8. The molecule has 0 aliphatic carbocycles. The molecule has 1 N–H and O–H groups in total. The van der Waals surface area contributed by atoms with Gasteiger partial charge in [-0.3, -0.25) is 10.1 Å². The van der Waals surface area contributed by atoms with Gasteiger partial charge in [-0.25, -0.2) is 9.59 Å². The molecule has 1 saturated heterocycles. The second-order valence-corrected chi connectivity index (χ2v) is 7.69. The standard InChI is InChI=1S/C22H26N2O8/c1-5-30-21(27)18-14(3)23(12-22(4)31-10-11-32-22)13(2)17(20(25)26)19(18)15-8-6-7-9-16(15)24(28)29/h6-9,19H,5,10-12H2,1-4H3,(H,25,26). The van der Waals surface area contributed by atoms with Gasteiger partial charge in [-0.1, -0.05) is 18.2 Å². The van der Waals surface area contributed by atoms with Crippen LogP contribution in [0.1, 0.15) is 39.2 Å². The van der Waals surface area contributed by atoms with Crippen molar-refractivity contribution in [3.05, 3.63) is 62.5 Å². The average molecular weight is 446 g/mol. The van der Waals surface area contributed by atoms with E-state index < -0.39 is 28.6 Å². The summed E-state index contributed by atoms with van der Waals surface area (Å²) in [6.45, 7) is 7.62. The molecule has 0 saturated carbocycles. The Hall–Kier alpha value is -3.24. The number of aliphatic carboxylic acids is 1. The Morgan fingerprint density at radius 2 is 1.81 bits per heavy atom. The number of hydrogen-bond donors (Lipinski definition) is 1. The van der Waals surface area contributed by atoms with E-state index in [4.69, 9.17) is 14.2 Å². The normalized spacial score (nSPS) is 20.5. The molecule has 0 aromatic heterocycles. The lowest BCUT2D eigenvalue weighted by Gasteiger charge is -2.40. The summed E-state index contributed by atoms with van der Waals surface area (Å²) in [5, 5.41) is 21.8. The van der Waals surface area contributed by atoms with Gasteiger partial charge in [0.05, 0.1) is 48.4 Å². The van der Waals surface area contributed by atoms with Crippen molar-refractivity contribution in [2.24, 2.45) is 0 Å². The van der Waals surface area contributed by atoms with Gasteiger partial charge in [-0.15, -0.1) is 0 Å². The molecule has 2 heterocycles. The van der Waals surface area contributed by atoms with Gasteiger partial charge in [0.15, 0.2) is 5.79 Å². The fraction of sp³-hybridized carbons (Fsp3) is 0.455. The fourth-order valence-corrected chi connectivity index (χ4v) is 4.24. The molecule has 1 aromatic carbocycles. The molecule has 1 unspecified atom stereocenters. The summed E-state index contributed by atoms with van der Waals surface area (Å²) in [5.74, 6) is -4.20. The molecule has 32 heavy (non-hydrogen) atoms. The first-order valence-electron chi connectivity index (χ1n) is 10.2. The zero-order valence-electron chi connectivity index (χ0n) is 18.4. The highest BCUT2D eigenvalue weighted by Crippen LogP contribution is 2.45. The lowest BCUT2D eigenvalue weighted by molar-refractivity contribution is -0.385. The Balaban J connectivity index is 2.26. The molecule has 2 aliphatic heterocycles. The van der Waals surface area contributed by atoms with Crippen molar-refractivity contribution in [2.75, 3.05) is 26.4 Å². The third kappa shape index (κ3) is 4.23. The van der Waals surface area contributed by atoms with Crippen molar-refractivity contribution < 1.29 is 33.8 Å². The van der Waals surface area contributed by atoms with E-state index in [0.717, 1.165) is 0 Å². The summed E-state index contributed by atoms with van der Waals surface area (Å²) in [5.41, 5.74) is 0.485. The highest BCUT2D eigenvalue weighted by atomic mass is 16.7. The number of carboxylic acid groups (broad SMARTS) is 1. The smallest absolute Gasteiger partial charge is 0.336 e. The largest absolute Gasteiger partial charge is 0.478 e. The SMILES string of the molecule is CCOC(=O)C1=C(C)N(CC2(C)OCCO2)C(C)=C(C(=O)O)C1c1ccccc1[N+](=O)[O-]. The van der Waals surface area contributed by atoms with Gasteiger partial charge in [0, 0.05) is 23.0 Å². The fourth-order valence-electron chi connectivity index (χ4n) is 4.24. The van der Waals surface area contributed by atoms with Crippen molar-refractivity contribution in [3.8, 4) is 0 Å². The van der Waals surface area contributed by atoms with Crippen LogP contribution in [-0.4, -0.2) is 59.0 Å². The predicted octanol–water partition coefficient (Wildman–Crippen LogP) is 2.95. The van der Waals surface area contributed by atoms with E-state index in [1.165, 1.54) is 18.2 Å². The molecule has 172 valence electrons. The van der Waals surface area contributed by atoms with Gasteiger partial charge >= 0.3 is 11.9 Å². The van der Waals surface area contributed by atoms with Crippen LogP contribution < -0.4 is 0 Å². The van der Waals surface area contributed by atoms with Gasteiger partial charge in [-0.05, 0) is 27.7 Å². The first-order chi connectivity index (χ1) is 15.1. The first kappa shape index (κ1) is 23.4. The van der Waals surface area contributed by atoms with Crippen molar-refractivity contribution in [2.45, 2.75) is 39.4 Å². The van der Waals surface area contributed by atoms with Crippen LogP contribution in [0.2, 0.25) is 0 Å². The molecule has 10 nitrogen and oxygen atoms in total. The summed E-state index contributed by atoms with van der Waals surface area (Å²) < 4.78 is 16.6. The third-order valence-electron chi connectivity index (χ3n) is 5.68. The van der Waals surface area contributed by atoms with Crippen molar-refractivity contribution >= 4 is 17.6 Å². The summed E-state index contributed by atoms with van der Waals surface area (Å²) in [6, 6.07) is 5.81. The number of rotatable bonds is 7. The Morgan fingerprint density at radius 1 is 1.22 bits per heavy atom. The van der Waals surface area contributed by atoms with Crippen molar-refractivity contribution in [1.82, 2.24) is 4.90 Å². The molecule has 2 aliphatic rings. The number of ether oxygens (including phenoxy) is 3. The van der Waals surface area contributed by atoms with Crippen LogP contribution >= 0.6 is 0 Å². The van der Waals surface area contributed by atoms with Crippen LogP contribution in [-0.2, 0) is 23.8 Å². The summed E-state index contributed by atoms with van der Waals surface area (Å²) in [7, 11) is 0. The number of carboxylic acids is 1. The van der Waals surface area contributed by atoms with Gasteiger partial charge in [0.1, 0.15) is 0 Å². The maximum atomic E-state index is 13.1. The van der Waals surface area contributed by atoms with E-state index in [2.05, 4.69) is 0 Å². The third-order valence-corrected chi connectivity index (χ3v) is 5.68. The number of esters is 1. The van der Waals surface area contributed by atoms with E-state index in [-0.39, 0.29) is 35.5 Å². The number of allylic oxidation sites excluding steroid dienone is 2. The van der Waals surface area contributed by atoms with Crippen LogP contribution in [0.4, 0.5) is 5.69 Å². The number of hydrogen-bond acceptors (Lipinski definition) is 8.